The number of ether oxygens (including phenoxy) is 1. The SMILES string of the molecule is CNc1ccnc2sc(C=O)c(/C=C\NC3=CC=C(OC)C=CC3)c12. The Balaban J connectivity index is 1.89. The number of thiophene rings is 1. The molecule has 25 heavy (non-hydrogen) atoms. The number of anilines is 1. The largest absolute Gasteiger partial charge is 0.497 e. The first-order chi connectivity index (χ1) is 12.3. The Morgan fingerprint density at radius 3 is 3.00 bits per heavy atom. The summed E-state index contributed by atoms with van der Waals surface area (Å²) in [7, 11) is 3.51. The fourth-order valence-electron chi connectivity index (χ4n) is 2.61. The van der Waals surface area contributed by atoms with Crippen LogP contribution in [0.4, 0.5) is 5.69 Å². The number of allylic oxidation sites excluding steroid dienone is 4. The van der Waals surface area contributed by atoms with E-state index in [1.165, 1.54) is 11.3 Å². The van der Waals surface area contributed by atoms with Gasteiger partial charge in [-0.05, 0) is 30.4 Å². The van der Waals surface area contributed by atoms with Crippen molar-refractivity contribution in [2.45, 2.75) is 6.42 Å². The minimum atomic E-state index is 0.666. The highest BCUT2D eigenvalue weighted by atomic mass is 32.1. The number of rotatable bonds is 6. The normalized spacial score (nSPS) is 14.2. The van der Waals surface area contributed by atoms with Gasteiger partial charge in [0, 0.05) is 48.2 Å². The van der Waals surface area contributed by atoms with E-state index in [2.05, 4.69) is 15.6 Å². The van der Waals surface area contributed by atoms with Crippen LogP contribution in [0.25, 0.3) is 16.3 Å². The smallest absolute Gasteiger partial charge is 0.160 e. The van der Waals surface area contributed by atoms with Crippen LogP contribution in [0.5, 0.6) is 0 Å². The van der Waals surface area contributed by atoms with Gasteiger partial charge in [0.1, 0.15) is 10.6 Å². The molecule has 1 aliphatic carbocycles. The Bertz CT molecular complexity index is 907. The van der Waals surface area contributed by atoms with Crippen molar-refractivity contribution in [2.75, 3.05) is 19.5 Å². The molecule has 128 valence electrons. The van der Waals surface area contributed by atoms with Gasteiger partial charge in [-0.1, -0.05) is 6.08 Å². The van der Waals surface area contributed by atoms with E-state index < -0.39 is 0 Å². The maximum absolute atomic E-state index is 11.4. The number of carbonyl (C=O) groups excluding carboxylic acids is 1. The summed E-state index contributed by atoms with van der Waals surface area (Å²) in [6.45, 7) is 0. The molecule has 0 aliphatic heterocycles. The van der Waals surface area contributed by atoms with Crippen LogP contribution in [0.3, 0.4) is 0 Å². The standard InChI is InChI=1S/C19H19N3O2S/c1-20-16-9-11-22-19-18(16)15(17(12-23)25-19)8-10-21-13-4-3-5-14(24-2)7-6-13/h3,5-12,21H,4H2,1-2H3,(H,20,22)/b10-8-. The summed E-state index contributed by atoms with van der Waals surface area (Å²) in [6, 6.07) is 1.91. The highest BCUT2D eigenvalue weighted by molar-refractivity contribution is 7.20. The number of hydrogen-bond donors (Lipinski definition) is 2. The number of nitrogens with one attached hydrogen (secondary N) is 2. The third kappa shape index (κ3) is 3.64. The molecule has 0 unspecified atom stereocenters. The molecule has 0 aromatic carbocycles. The van der Waals surface area contributed by atoms with E-state index in [0.717, 1.165) is 45.6 Å². The molecule has 0 atom stereocenters. The average molecular weight is 353 g/mol. The summed E-state index contributed by atoms with van der Waals surface area (Å²) in [5.74, 6) is 0.817. The van der Waals surface area contributed by atoms with E-state index in [0.29, 0.717) is 4.88 Å². The highest BCUT2D eigenvalue weighted by Gasteiger charge is 2.13. The summed E-state index contributed by atoms with van der Waals surface area (Å²) in [4.78, 5) is 17.3. The number of carbonyl (C=O) groups is 1. The van der Waals surface area contributed by atoms with Gasteiger partial charge in [0.2, 0.25) is 0 Å². The lowest BCUT2D eigenvalue weighted by Gasteiger charge is -2.04. The van der Waals surface area contributed by atoms with Gasteiger partial charge >= 0.3 is 0 Å². The predicted octanol–water partition coefficient (Wildman–Crippen LogP) is 4.08. The summed E-state index contributed by atoms with van der Waals surface area (Å²) >= 11 is 1.40. The monoisotopic (exact) mass is 353 g/mol. The third-order valence-corrected chi connectivity index (χ3v) is 4.90. The van der Waals surface area contributed by atoms with Crippen LogP contribution in [0, 0.1) is 0 Å². The Kier molecular flexibility index (Phi) is 5.30. The van der Waals surface area contributed by atoms with E-state index in [1.807, 2.05) is 49.7 Å². The van der Waals surface area contributed by atoms with Crippen LogP contribution in [0.2, 0.25) is 0 Å². The van der Waals surface area contributed by atoms with Gasteiger partial charge in [0.15, 0.2) is 6.29 Å². The molecule has 1 aliphatic rings. The number of methoxy groups -OCH3 is 1. The van der Waals surface area contributed by atoms with Crippen LogP contribution in [0.15, 0.2) is 54.2 Å². The van der Waals surface area contributed by atoms with Gasteiger partial charge in [-0.25, -0.2) is 4.98 Å². The van der Waals surface area contributed by atoms with Crippen LogP contribution < -0.4 is 10.6 Å². The van der Waals surface area contributed by atoms with Crippen molar-refractivity contribution in [1.29, 1.82) is 0 Å². The summed E-state index contributed by atoms with van der Waals surface area (Å²) in [5.41, 5.74) is 2.87. The quantitative estimate of drug-likeness (QED) is 0.766. The third-order valence-electron chi connectivity index (χ3n) is 3.86. The highest BCUT2D eigenvalue weighted by Crippen LogP contribution is 2.34. The minimum Gasteiger partial charge on any atom is -0.497 e. The second-order valence-electron chi connectivity index (χ2n) is 5.34. The molecule has 2 N–H and O–H groups in total. The lowest BCUT2D eigenvalue weighted by atomic mass is 10.1. The van der Waals surface area contributed by atoms with Crippen LogP contribution in [-0.2, 0) is 4.74 Å². The van der Waals surface area contributed by atoms with Gasteiger partial charge in [-0.2, -0.15) is 0 Å². The molecule has 6 heteroatoms. The maximum Gasteiger partial charge on any atom is 0.160 e. The van der Waals surface area contributed by atoms with Crippen molar-refractivity contribution in [2.24, 2.45) is 0 Å². The topological polar surface area (TPSA) is 63.2 Å². The molecule has 5 nitrogen and oxygen atoms in total. The molecule has 0 saturated heterocycles. The zero-order valence-electron chi connectivity index (χ0n) is 14.1. The molecule has 0 fully saturated rings. The maximum atomic E-state index is 11.4. The van der Waals surface area contributed by atoms with Crippen molar-refractivity contribution in [1.82, 2.24) is 10.3 Å². The van der Waals surface area contributed by atoms with Crippen LogP contribution in [0.1, 0.15) is 21.7 Å². The Labute approximate surface area is 150 Å². The molecule has 0 spiro atoms. The second-order valence-corrected chi connectivity index (χ2v) is 6.37. The second kappa shape index (κ2) is 7.81. The number of aldehydes is 1. The van der Waals surface area contributed by atoms with Gasteiger partial charge in [0.05, 0.1) is 12.0 Å². The first kappa shape index (κ1) is 17.0. The Hall–Kier alpha value is -2.86. The molecule has 2 aromatic heterocycles. The number of aromatic nitrogens is 1. The van der Waals surface area contributed by atoms with Crippen molar-refractivity contribution in [3.8, 4) is 0 Å². The number of hydrogen-bond acceptors (Lipinski definition) is 6. The lowest BCUT2D eigenvalue weighted by molar-refractivity contribution is 0.112. The summed E-state index contributed by atoms with van der Waals surface area (Å²) in [6.07, 6.45) is 15.1. The molecule has 2 heterocycles. The molecule has 0 saturated carbocycles. The fraction of sp³-hybridized carbons (Fsp3) is 0.158. The van der Waals surface area contributed by atoms with Crippen molar-refractivity contribution in [3.63, 3.8) is 0 Å². The van der Waals surface area contributed by atoms with Gasteiger partial charge in [-0.3, -0.25) is 4.79 Å². The number of fused-ring (bicyclic) bond motifs is 1. The Morgan fingerprint density at radius 2 is 2.24 bits per heavy atom. The molecule has 3 rings (SSSR count). The van der Waals surface area contributed by atoms with Crippen molar-refractivity contribution in [3.05, 3.63) is 64.7 Å². The van der Waals surface area contributed by atoms with Crippen molar-refractivity contribution >= 4 is 39.6 Å². The molecule has 0 amide bonds. The van der Waals surface area contributed by atoms with E-state index in [9.17, 15) is 4.79 Å². The zero-order valence-corrected chi connectivity index (χ0v) is 14.9. The predicted molar refractivity (Wildman–Crippen MR) is 104 cm³/mol. The number of pyridine rings is 1. The summed E-state index contributed by atoms with van der Waals surface area (Å²) in [5, 5.41) is 7.40. The van der Waals surface area contributed by atoms with Gasteiger partial charge in [0.25, 0.3) is 0 Å². The van der Waals surface area contributed by atoms with E-state index >= 15 is 0 Å². The fourth-order valence-corrected chi connectivity index (χ4v) is 3.58. The molecule has 2 aromatic rings. The van der Waals surface area contributed by atoms with E-state index in [1.54, 1.807) is 13.3 Å². The molecule has 0 radical (unpaired) electrons. The van der Waals surface area contributed by atoms with E-state index in [-0.39, 0.29) is 0 Å². The first-order valence-corrected chi connectivity index (χ1v) is 8.67. The lowest BCUT2D eigenvalue weighted by Crippen LogP contribution is -2.03. The average Bonchev–Trinajstić information content (AvgIpc) is 2.84. The van der Waals surface area contributed by atoms with Gasteiger partial charge in [-0.15, -0.1) is 11.3 Å². The summed E-state index contributed by atoms with van der Waals surface area (Å²) < 4.78 is 5.22. The molecular weight excluding hydrogens is 334 g/mol. The van der Waals surface area contributed by atoms with E-state index in [4.69, 9.17) is 4.74 Å². The van der Waals surface area contributed by atoms with Crippen LogP contribution in [-0.4, -0.2) is 25.4 Å². The van der Waals surface area contributed by atoms with Crippen LogP contribution >= 0.6 is 11.3 Å². The number of nitrogens with zero attached hydrogens (tertiary/aromatic N) is 1. The molecular formula is C19H19N3O2S. The zero-order chi connectivity index (χ0) is 17.6. The Morgan fingerprint density at radius 1 is 1.36 bits per heavy atom. The minimum absolute atomic E-state index is 0.666. The molecule has 0 bridgehead atoms. The van der Waals surface area contributed by atoms with Crippen molar-refractivity contribution < 1.29 is 9.53 Å². The van der Waals surface area contributed by atoms with Gasteiger partial charge < -0.3 is 15.4 Å². The first-order valence-electron chi connectivity index (χ1n) is 7.85.